The number of nitrogens with zero attached hydrogens (tertiary/aromatic N) is 2. The average molecular weight is 626 g/mol. The van der Waals surface area contributed by atoms with Crippen molar-refractivity contribution in [2.75, 3.05) is 0 Å². The number of allylic oxidation sites excluding steroid dienone is 2. The molecule has 5 heterocycles. The first kappa shape index (κ1) is 33.9. The largest absolute Gasteiger partial charge is 0.355 e. The predicted molar refractivity (Wildman–Crippen MR) is 181 cm³/mol. The number of H-pyrrole nitrogens is 2. The van der Waals surface area contributed by atoms with Crippen LogP contribution in [0, 0.1) is 0 Å². The van der Waals surface area contributed by atoms with E-state index in [0.717, 1.165) is 62.8 Å². The molecule has 4 nitrogen and oxygen atoms in total. The molecule has 8 bridgehead atoms. The van der Waals surface area contributed by atoms with Gasteiger partial charge in [-0.25, -0.2) is 9.97 Å². The summed E-state index contributed by atoms with van der Waals surface area (Å²) in [6, 6.07) is 4.47. The van der Waals surface area contributed by atoms with E-state index in [4.69, 9.17) is 9.97 Å². The molecule has 0 atom stereocenters. The Kier molecular flexibility index (Phi) is 11.5. The van der Waals surface area contributed by atoms with Crippen molar-refractivity contribution in [2.24, 2.45) is 0 Å². The Hall–Kier alpha value is -2.59. The zero-order valence-corrected chi connectivity index (χ0v) is 28.6. The van der Waals surface area contributed by atoms with Gasteiger partial charge in [0.05, 0.1) is 22.8 Å². The molecule has 0 spiro atoms. The minimum atomic E-state index is 0. The topological polar surface area (TPSA) is 57.4 Å². The van der Waals surface area contributed by atoms with Gasteiger partial charge in [0.2, 0.25) is 0 Å². The van der Waals surface area contributed by atoms with Crippen molar-refractivity contribution in [1.82, 2.24) is 19.9 Å². The van der Waals surface area contributed by atoms with Gasteiger partial charge in [-0.2, -0.15) is 0 Å². The standard InChI is InChI=1S/C36H46N4.ClH.Mn/c1-9-23-25(11-3)33-29(15-7)35-27(13-5)28(14-6)36(40-35)30(16-8)34-26(12-4)24(10-2)32(39-34)20-22-18-17-21(37-22)19-31(23)38-33;;/h17-20,38-39H,9-16H2,1-8H3;1H;. The maximum atomic E-state index is 5.58. The van der Waals surface area contributed by atoms with Crippen LogP contribution < -0.4 is 0 Å². The Morgan fingerprint density at radius 3 is 1.14 bits per heavy atom. The molecule has 2 aliphatic heterocycles. The summed E-state index contributed by atoms with van der Waals surface area (Å²) in [6.07, 6.45) is 12.1. The van der Waals surface area contributed by atoms with Crippen LogP contribution >= 0.6 is 12.4 Å². The van der Waals surface area contributed by atoms with Gasteiger partial charge in [0, 0.05) is 50.3 Å². The molecule has 0 aromatic carbocycles. The molecule has 2 N–H and O–H groups in total. The van der Waals surface area contributed by atoms with E-state index in [1.54, 1.807) is 0 Å². The number of hydrogen-bond donors (Lipinski definition) is 2. The van der Waals surface area contributed by atoms with E-state index in [9.17, 15) is 0 Å². The number of fused-ring (bicyclic) bond motifs is 8. The molecule has 0 aliphatic carbocycles. The summed E-state index contributed by atoms with van der Waals surface area (Å²) < 4.78 is 0. The summed E-state index contributed by atoms with van der Waals surface area (Å²) in [7, 11) is 0. The fourth-order valence-corrected chi connectivity index (χ4v) is 7.12. The van der Waals surface area contributed by atoms with E-state index in [1.165, 1.54) is 78.0 Å². The SMILES string of the molecule is CCC1=C(CC)c2nc1c(CC)c1[nH]c(cc3nc(cc4[nH]c(c2CC)c(CC)c4CC)C=C3)c(CC)c1CC.Cl.[Mn]. The Bertz CT molecular complexity index is 1570. The first-order valence-electron chi connectivity index (χ1n) is 15.7. The van der Waals surface area contributed by atoms with Gasteiger partial charge in [-0.1, -0.05) is 55.4 Å². The number of nitrogens with one attached hydrogen (secondary N) is 2. The van der Waals surface area contributed by atoms with Crippen molar-refractivity contribution in [3.63, 3.8) is 0 Å². The second kappa shape index (κ2) is 14.3. The number of aromatic amines is 2. The van der Waals surface area contributed by atoms with Crippen LogP contribution in [0.25, 0.3) is 45.4 Å². The molecule has 3 aromatic heterocycles. The van der Waals surface area contributed by atoms with Crippen LogP contribution in [0.2, 0.25) is 0 Å². The van der Waals surface area contributed by atoms with E-state index in [0.29, 0.717) is 0 Å². The second-order valence-electron chi connectivity index (χ2n) is 10.9. The van der Waals surface area contributed by atoms with E-state index >= 15 is 0 Å². The molecule has 0 unspecified atom stereocenters. The molecule has 225 valence electrons. The number of aryl methyl sites for hydroxylation is 6. The molecule has 42 heavy (non-hydrogen) atoms. The third-order valence-corrected chi connectivity index (χ3v) is 8.93. The third kappa shape index (κ3) is 5.56. The summed E-state index contributed by atoms with van der Waals surface area (Å²) in [5, 5.41) is 0. The number of halogens is 1. The molecule has 0 saturated heterocycles. The van der Waals surface area contributed by atoms with Crippen LogP contribution in [-0.4, -0.2) is 19.9 Å². The Morgan fingerprint density at radius 2 is 0.833 bits per heavy atom. The van der Waals surface area contributed by atoms with Crippen molar-refractivity contribution in [2.45, 2.75) is 107 Å². The van der Waals surface area contributed by atoms with E-state index in [2.05, 4.69) is 89.6 Å². The van der Waals surface area contributed by atoms with Gasteiger partial charge in [-0.05, 0) is 109 Å². The normalized spacial score (nSPS) is 12.5. The zero-order chi connectivity index (χ0) is 28.6. The quantitative estimate of drug-likeness (QED) is 0.191. The second-order valence-corrected chi connectivity index (χ2v) is 10.9. The monoisotopic (exact) mass is 625 g/mol. The van der Waals surface area contributed by atoms with Gasteiger partial charge in [0.25, 0.3) is 0 Å². The molecular formula is C36H47ClMnN4. The third-order valence-electron chi connectivity index (χ3n) is 8.93. The van der Waals surface area contributed by atoms with Gasteiger partial charge >= 0.3 is 0 Å². The van der Waals surface area contributed by atoms with Gasteiger partial charge in [-0.3, -0.25) is 0 Å². The first-order valence-corrected chi connectivity index (χ1v) is 15.7. The van der Waals surface area contributed by atoms with Crippen molar-refractivity contribution in [3.05, 3.63) is 68.3 Å². The Balaban J connectivity index is 0.00000242. The maximum Gasteiger partial charge on any atom is 0.0725 e. The molecule has 0 fully saturated rings. The number of hydrogen-bond acceptors (Lipinski definition) is 2. The van der Waals surface area contributed by atoms with Crippen LogP contribution in [0.3, 0.4) is 0 Å². The smallest absolute Gasteiger partial charge is 0.0725 e. The maximum absolute atomic E-state index is 5.58. The molecule has 3 aromatic rings. The Morgan fingerprint density at radius 1 is 0.476 bits per heavy atom. The zero-order valence-electron chi connectivity index (χ0n) is 26.6. The first-order chi connectivity index (χ1) is 19.5. The van der Waals surface area contributed by atoms with Crippen molar-refractivity contribution in [3.8, 4) is 0 Å². The molecule has 5 rings (SSSR count). The predicted octanol–water partition coefficient (Wildman–Crippen LogP) is 10.0. The molecule has 0 saturated carbocycles. The molecule has 0 amide bonds. The van der Waals surface area contributed by atoms with Crippen LogP contribution in [-0.2, 0) is 55.6 Å². The summed E-state index contributed by atoms with van der Waals surface area (Å²) in [5.41, 5.74) is 20.4. The van der Waals surface area contributed by atoms with E-state index in [-0.39, 0.29) is 29.5 Å². The number of aromatic nitrogens is 4. The summed E-state index contributed by atoms with van der Waals surface area (Å²) >= 11 is 0. The van der Waals surface area contributed by atoms with Crippen LogP contribution in [0.4, 0.5) is 0 Å². The summed E-state index contributed by atoms with van der Waals surface area (Å²) in [5.74, 6) is 0. The minimum Gasteiger partial charge on any atom is -0.355 e. The molecule has 6 heteroatoms. The number of rotatable bonds is 8. The van der Waals surface area contributed by atoms with Crippen LogP contribution in [0.15, 0.2) is 12.1 Å². The molecule has 2 aliphatic rings. The van der Waals surface area contributed by atoms with E-state index in [1.807, 2.05) is 0 Å². The fourth-order valence-electron chi connectivity index (χ4n) is 7.12. The van der Waals surface area contributed by atoms with Gasteiger partial charge in [0.15, 0.2) is 0 Å². The molecule has 1 radical (unpaired) electrons. The van der Waals surface area contributed by atoms with Gasteiger partial charge < -0.3 is 9.97 Å². The fraction of sp³-hybridized carbons (Fsp3) is 0.444. The van der Waals surface area contributed by atoms with Crippen LogP contribution in [0.1, 0.15) is 124 Å². The van der Waals surface area contributed by atoms with Gasteiger partial charge in [-0.15, -0.1) is 12.4 Å². The van der Waals surface area contributed by atoms with Crippen molar-refractivity contribution < 1.29 is 17.1 Å². The van der Waals surface area contributed by atoms with Gasteiger partial charge in [0.1, 0.15) is 0 Å². The van der Waals surface area contributed by atoms with E-state index < -0.39 is 0 Å². The average Bonchev–Trinajstić information content (AvgIpc) is 3.73. The Labute approximate surface area is 268 Å². The minimum absolute atomic E-state index is 0. The van der Waals surface area contributed by atoms with Crippen molar-refractivity contribution >= 4 is 57.8 Å². The summed E-state index contributed by atoms with van der Waals surface area (Å²) in [6.45, 7) is 18.3. The molecular weight excluding hydrogens is 579 g/mol. The summed E-state index contributed by atoms with van der Waals surface area (Å²) in [4.78, 5) is 18.4. The van der Waals surface area contributed by atoms with Crippen LogP contribution in [0.5, 0.6) is 0 Å². The van der Waals surface area contributed by atoms with Crippen molar-refractivity contribution in [1.29, 1.82) is 0 Å².